The van der Waals surface area contributed by atoms with E-state index in [1.54, 1.807) is 26.2 Å². The fourth-order valence-electron chi connectivity index (χ4n) is 1.66. The molecule has 0 radical (unpaired) electrons. The molecular weight excluding hydrogens is 221 g/mol. The van der Waals surface area contributed by atoms with Gasteiger partial charge in [0.1, 0.15) is 5.82 Å². The van der Waals surface area contributed by atoms with Gasteiger partial charge in [-0.15, -0.1) is 0 Å². The number of anilines is 1. The van der Waals surface area contributed by atoms with E-state index in [2.05, 4.69) is 0 Å². The van der Waals surface area contributed by atoms with Gasteiger partial charge in [0.25, 0.3) is 0 Å². The van der Waals surface area contributed by atoms with Gasteiger partial charge in [-0.25, -0.2) is 4.39 Å². The lowest BCUT2D eigenvalue weighted by molar-refractivity contribution is 0.196. The predicted molar refractivity (Wildman–Crippen MR) is 66.8 cm³/mol. The Kier molecular flexibility index (Phi) is 5.38. The number of rotatable bonds is 6. The standard InChI is InChI=1S/C13H20FNO2/c1-10(16)11-5-6-13(12(14)9-11)15(2)7-4-8-17-3/h5-6,9-10,16H,4,7-8H2,1-3H3. The molecule has 0 aliphatic heterocycles. The molecule has 3 nitrogen and oxygen atoms in total. The van der Waals surface area contributed by atoms with E-state index < -0.39 is 6.10 Å². The molecule has 0 heterocycles. The van der Waals surface area contributed by atoms with Crippen LogP contribution >= 0.6 is 0 Å². The molecule has 1 rings (SSSR count). The molecule has 0 spiro atoms. The molecule has 4 heteroatoms. The molecule has 17 heavy (non-hydrogen) atoms. The number of methoxy groups -OCH3 is 1. The molecule has 0 fully saturated rings. The molecule has 0 amide bonds. The first-order valence-corrected chi connectivity index (χ1v) is 5.74. The predicted octanol–water partition coefficient (Wildman–Crippen LogP) is 2.35. The average Bonchev–Trinajstić information content (AvgIpc) is 2.28. The van der Waals surface area contributed by atoms with Crippen LogP contribution in [0, 0.1) is 5.82 Å². The highest BCUT2D eigenvalue weighted by Gasteiger charge is 2.10. The van der Waals surface area contributed by atoms with Crippen molar-refractivity contribution in [1.82, 2.24) is 0 Å². The van der Waals surface area contributed by atoms with Crippen molar-refractivity contribution in [2.24, 2.45) is 0 Å². The van der Waals surface area contributed by atoms with Crippen LogP contribution in [-0.2, 0) is 4.74 Å². The van der Waals surface area contributed by atoms with E-state index in [1.165, 1.54) is 6.07 Å². The monoisotopic (exact) mass is 241 g/mol. The molecular formula is C13H20FNO2. The summed E-state index contributed by atoms with van der Waals surface area (Å²) in [5.74, 6) is -0.302. The number of aliphatic hydroxyl groups is 1. The number of nitrogens with zero attached hydrogens (tertiary/aromatic N) is 1. The second-order valence-corrected chi connectivity index (χ2v) is 4.15. The largest absolute Gasteiger partial charge is 0.389 e. The molecule has 0 aliphatic carbocycles. The molecule has 1 atom stereocenters. The van der Waals surface area contributed by atoms with E-state index in [-0.39, 0.29) is 5.82 Å². The van der Waals surface area contributed by atoms with Crippen LogP contribution in [0.15, 0.2) is 18.2 Å². The fourth-order valence-corrected chi connectivity index (χ4v) is 1.66. The Morgan fingerprint density at radius 3 is 2.71 bits per heavy atom. The third-order valence-electron chi connectivity index (χ3n) is 2.71. The summed E-state index contributed by atoms with van der Waals surface area (Å²) in [6, 6.07) is 4.83. The maximum Gasteiger partial charge on any atom is 0.146 e. The van der Waals surface area contributed by atoms with Crippen LogP contribution < -0.4 is 4.90 Å². The third-order valence-corrected chi connectivity index (χ3v) is 2.71. The molecule has 0 saturated heterocycles. The number of halogens is 1. The fraction of sp³-hybridized carbons (Fsp3) is 0.538. The summed E-state index contributed by atoms with van der Waals surface area (Å²) >= 11 is 0. The van der Waals surface area contributed by atoms with Gasteiger partial charge >= 0.3 is 0 Å². The first kappa shape index (κ1) is 13.9. The van der Waals surface area contributed by atoms with E-state index in [0.29, 0.717) is 17.9 Å². The quantitative estimate of drug-likeness (QED) is 0.776. The van der Waals surface area contributed by atoms with Crippen molar-refractivity contribution >= 4 is 5.69 Å². The second-order valence-electron chi connectivity index (χ2n) is 4.15. The van der Waals surface area contributed by atoms with Gasteiger partial charge in [0, 0.05) is 27.3 Å². The average molecular weight is 241 g/mol. The van der Waals surface area contributed by atoms with Crippen LogP contribution in [0.2, 0.25) is 0 Å². The zero-order valence-corrected chi connectivity index (χ0v) is 10.6. The van der Waals surface area contributed by atoms with Gasteiger partial charge in [-0.05, 0) is 31.0 Å². The van der Waals surface area contributed by atoms with E-state index >= 15 is 0 Å². The maximum absolute atomic E-state index is 13.8. The van der Waals surface area contributed by atoms with Gasteiger partial charge in [-0.1, -0.05) is 6.07 Å². The molecule has 0 aliphatic rings. The highest BCUT2D eigenvalue weighted by atomic mass is 19.1. The van der Waals surface area contributed by atoms with Crippen LogP contribution in [0.25, 0.3) is 0 Å². The molecule has 0 aromatic heterocycles. The molecule has 0 bridgehead atoms. The van der Waals surface area contributed by atoms with Gasteiger partial charge in [-0.3, -0.25) is 0 Å². The molecule has 96 valence electrons. The Balaban J connectivity index is 2.70. The summed E-state index contributed by atoms with van der Waals surface area (Å²) in [7, 11) is 3.49. The number of hydrogen-bond donors (Lipinski definition) is 1. The Bertz CT molecular complexity index is 355. The van der Waals surface area contributed by atoms with Crippen LogP contribution in [0.4, 0.5) is 10.1 Å². The topological polar surface area (TPSA) is 32.7 Å². The highest BCUT2D eigenvalue weighted by Crippen LogP contribution is 2.22. The van der Waals surface area contributed by atoms with Gasteiger partial charge < -0.3 is 14.7 Å². The van der Waals surface area contributed by atoms with Crippen molar-refractivity contribution < 1.29 is 14.2 Å². The molecule has 1 unspecified atom stereocenters. The Labute approximate surface area is 102 Å². The first-order valence-electron chi connectivity index (χ1n) is 5.74. The van der Waals surface area contributed by atoms with Crippen molar-refractivity contribution in [3.8, 4) is 0 Å². The molecule has 1 N–H and O–H groups in total. The minimum absolute atomic E-state index is 0.302. The van der Waals surface area contributed by atoms with Crippen molar-refractivity contribution in [2.45, 2.75) is 19.4 Å². The SMILES string of the molecule is COCCCN(C)c1ccc(C(C)O)cc1F. The van der Waals surface area contributed by atoms with E-state index in [4.69, 9.17) is 4.74 Å². The van der Waals surface area contributed by atoms with Crippen molar-refractivity contribution in [2.75, 3.05) is 32.2 Å². The molecule has 1 aromatic rings. The number of hydrogen-bond acceptors (Lipinski definition) is 3. The summed E-state index contributed by atoms with van der Waals surface area (Å²) < 4.78 is 18.7. The van der Waals surface area contributed by atoms with E-state index in [9.17, 15) is 9.50 Å². The summed E-state index contributed by atoms with van der Waals surface area (Å²) in [5, 5.41) is 9.35. The van der Waals surface area contributed by atoms with Crippen LogP contribution in [-0.4, -0.2) is 32.4 Å². The highest BCUT2D eigenvalue weighted by molar-refractivity contribution is 5.48. The summed E-state index contributed by atoms with van der Waals surface area (Å²) in [6.07, 6.45) is 0.210. The first-order chi connectivity index (χ1) is 8.06. The van der Waals surface area contributed by atoms with Crippen molar-refractivity contribution in [1.29, 1.82) is 0 Å². The lowest BCUT2D eigenvalue weighted by atomic mass is 10.1. The van der Waals surface area contributed by atoms with Crippen molar-refractivity contribution in [3.63, 3.8) is 0 Å². The van der Waals surface area contributed by atoms with Gasteiger partial charge in [0.05, 0.1) is 11.8 Å². The zero-order valence-electron chi connectivity index (χ0n) is 10.6. The van der Waals surface area contributed by atoms with Crippen LogP contribution in [0.3, 0.4) is 0 Å². The van der Waals surface area contributed by atoms with Gasteiger partial charge in [0.2, 0.25) is 0 Å². The smallest absolute Gasteiger partial charge is 0.146 e. The van der Waals surface area contributed by atoms with Crippen LogP contribution in [0.5, 0.6) is 0 Å². The molecule has 1 aromatic carbocycles. The van der Waals surface area contributed by atoms with Gasteiger partial charge in [-0.2, -0.15) is 0 Å². The van der Waals surface area contributed by atoms with E-state index in [1.807, 2.05) is 11.9 Å². The second kappa shape index (κ2) is 6.57. The summed E-state index contributed by atoms with van der Waals surface area (Å²) in [6.45, 7) is 3.02. The molecule has 0 saturated carbocycles. The van der Waals surface area contributed by atoms with Gasteiger partial charge in [0.15, 0.2) is 0 Å². The minimum Gasteiger partial charge on any atom is -0.389 e. The zero-order chi connectivity index (χ0) is 12.8. The minimum atomic E-state index is -0.641. The number of aliphatic hydroxyl groups excluding tert-OH is 1. The van der Waals surface area contributed by atoms with Crippen molar-refractivity contribution in [3.05, 3.63) is 29.6 Å². The summed E-state index contributed by atoms with van der Waals surface area (Å²) in [4.78, 5) is 1.85. The number of benzene rings is 1. The van der Waals surface area contributed by atoms with E-state index in [0.717, 1.165) is 13.0 Å². The summed E-state index contributed by atoms with van der Waals surface area (Å²) in [5.41, 5.74) is 1.14. The number of ether oxygens (including phenoxy) is 1. The Morgan fingerprint density at radius 1 is 1.47 bits per heavy atom. The van der Waals surface area contributed by atoms with Crippen LogP contribution in [0.1, 0.15) is 25.0 Å². The Hall–Kier alpha value is -1.13. The lowest BCUT2D eigenvalue weighted by Crippen LogP contribution is -2.21. The maximum atomic E-state index is 13.8. The normalized spacial score (nSPS) is 12.5. The lowest BCUT2D eigenvalue weighted by Gasteiger charge is -2.20. The Morgan fingerprint density at radius 2 is 2.18 bits per heavy atom. The third kappa shape index (κ3) is 3.98.